The molecule has 0 spiro atoms. The van der Waals surface area contributed by atoms with E-state index in [1.54, 1.807) is 12.0 Å². The number of aliphatic hydroxyl groups excluding tert-OH is 1. The Morgan fingerprint density at radius 3 is 2.50 bits per heavy atom. The minimum Gasteiger partial charge on any atom is -0.453 e. The molecule has 0 unspecified atom stereocenters. The number of hydrogen-bond donors (Lipinski definition) is 2. The second-order valence-corrected chi connectivity index (χ2v) is 3.03. The molecule has 0 aromatic rings. The lowest BCUT2D eigenvalue weighted by atomic mass is 10.4. The Kier molecular flexibility index (Phi) is 8.41. The Morgan fingerprint density at radius 2 is 2.00 bits per heavy atom. The predicted molar refractivity (Wildman–Crippen MR) is 55.9 cm³/mol. The van der Waals surface area contributed by atoms with Crippen molar-refractivity contribution in [2.24, 2.45) is 0 Å². The molecule has 16 heavy (non-hydrogen) atoms. The molecule has 2 N–H and O–H groups in total. The van der Waals surface area contributed by atoms with Crippen LogP contribution in [0, 0.1) is 0 Å². The van der Waals surface area contributed by atoms with E-state index >= 15 is 0 Å². The van der Waals surface area contributed by atoms with Crippen LogP contribution in [0.1, 0.15) is 0 Å². The van der Waals surface area contributed by atoms with Gasteiger partial charge in [-0.15, -0.1) is 0 Å². The van der Waals surface area contributed by atoms with E-state index in [9.17, 15) is 9.59 Å². The van der Waals surface area contributed by atoms with Gasteiger partial charge < -0.3 is 14.6 Å². The third-order valence-corrected chi connectivity index (χ3v) is 1.82. The number of hydrogen-bond acceptors (Lipinski definition) is 6. The van der Waals surface area contributed by atoms with E-state index in [1.165, 1.54) is 7.11 Å². The Morgan fingerprint density at radius 1 is 1.31 bits per heavy atom. The number of imide groups is 1. The fraction of sp³-hybridized carbons (Fsp3) is 0.778. The molecule has 2 amide bonds. The van der Waals surface area contributed by atoms with Crippen LogP contribution in [-0.2, 0) is 14.3 Å². The number of methoxy groups -OCH3 is 2. The van der Waals surface area contributed by atoms with Crippen molar-refractivity contribution < 1.29 is 24.2 Å². The van der Waals surface area contributed by atoms with Gasteiger partial charge in [0.05, 0.1) is 26.9 Å². The Hall–Kier alpha value is -1.18. The molecular formula is C9H18N2O5. The van der Waals surface area contributed by atoms with Gasteiger partial charge in [-0.2, -0.15) is 0 Å². The van der Waals surface area contributed by atoms with Gasteiger partial charge in [0.1, 0.15) is 0 Å². The first-order valence-corrected chi connectivity index (χ1v) is 4.84. The third-order valence-electron chi connectivity index (χ3n) is 1.82. The highest BCUT2D eigenvalue weighted by atomic mass is 16.5. The van der Waals surface area contributed by atoms with E-state index in [2.05, 4.69) is 4.74 Å². The van der Waals surface area contributed by atoms with Crippen LogP contribution in [0.4, 0.5) is 4.79 Å². The van der Waals surface area contributed by atoms with Gasteiger partial charge in [0.15, 0.2) is 0 Å². The zero-order valence-electron chi connectivity index (χ0n) is 9.56. The zero-order valence-corrected chi connectivity index (χ0v) is 9.56. The van der Waals surface area contributed by atoms with Crippen LogP contribution < -0.4 is 5.32 Å². The van der Waals surface area contributed by atoms with Crippen molar-refractivity contribution in [2.75, 3.05) is 47.1 Å². The molecule has 94 valence electrons. The summed E-state index contributed by atoms with van der Waals surface area (Å²) in [6, 6.07) is 0. The van der Waals surface area contributed by atoms with Crippen molar-refractivity contribution in [3.05, 3.63) is 0 Å². The topological polar surface area (TPSA) is 88.1 Å². The molecule has 0 radical (unpaired) electrons. The first kappa shape index (κ1) is 14.8. The van der Waals surface area contributed by atoms with Gasteiger partial charge in [-0.3, -0.25) is 15.0 Å². The molecule has 0 atom stereocenters. The number of amides is 2. The van der Waals surface area contributed by atoms with Gasteiger partial charge in [-0.1, -0.05) is 0 Å². The number of nitrogens with zero attached hydrogens (tertiary/aromatic N) is 1. The minimum absolute atomic E-state index is 0.0129. The van der Waals surface area contributed by atoms with Crippen molar-refractivity contribution in [2.45, 2.75) is 0 Å². The summed E-state index contributed by atoms with van der Waals surface area (Å²) in [6.07, 6.45) is -0.791. The lowest BCUT2D eigenvalue weighted by Crippen LogP contribution is -2.42. The summed E-state index contributed by atoms with van der Waals surface area (Å²) >= 11 is 0. The van der Waals surface area contributed by atoms with E-state index in [0.29, 0.717) is 19.7 Å². The Labute approximate surface area is 94.3 Å². The van der Waals surface area contributed by atoms with Crippen LogP contribution in [0.2, 0.25) is 0 Å². The van der Waals surface area contributed by atoms with Crippen molar-refractivity contribution in [3.63, 3.8) is 0 Å². The lowest BCUT2D eigenvalue weighted by molar-refractivity contribution is -0.121. The van der Waals surface area contributed by atoms with Crippen LogP contribution in [-0.4, -0.2) is 69.1 Å². The molecule has 0 fully saturated rings. The molecule has 0 saturated carbocycles. The molecule has 0 aromatic carbocycles. The molecule has 0 aliphatic carbocycles. The van der Waals surface area contributed by atoms with Crippen LogP contribution in [0.15, 0.2) is 0 Å². The van der Waals surface area contributed by atoms with Crippen molar-refractivity contribution in [1.82, 2.24) is 10.2 Å². The highest BCUT2D eigenvalue weighted by molar-refractivity contribution is 5.92. The fourth-order valence-electron chi connectivity index (χ4n) is 1.04. The SMILES string of the molecule is COCCN(CCO)CC(=O)NC(=O)OC. The van der Waals surface area contributed by atoms with Crippen LogP contribution >= 0.6 is 0 Å². The normalized spacial score (nSPS) is 10.2. The zero-order chi connectivity index (χ0) is 12.4. The summed E-state index contributed by atoms with van der Waals surface area (Å²) < 4.78 is 9.14. The van der Waals surface area contributed by atoms with Gasteiger partial charge in [0, 0.05) is 20.2 Å². The number of rotatable bonds is 7. The lowest BCUT2D eigenvalue weighted by Gasteiger charge is -2.19. The summed E-state index contributed by atoms with van der Waals surface area (Å²) in [4.78, 5) is 23.7. The maximum Gasteiger partial charge on any atom is 0.413 e. The third kappa shape index (κ3) is 7.16. The average molecular weight is 234 g/mol. The minimum atomic E-state index is -0.791. The fourth-order valence-corrected chi connectivity index (χ4v) is 1.04. The van der Waals surface area contributed by atoms with Crippen LogP contribution in [0.25, 0.3) is 0 Å². The second-order valence-electron chi connectivity index (χ2n) is 3.03. The molecule has 0 aromatic heterocycles. The van der Waals surface area contributed by atoms with E-state index < -0.39 is 12.0 Å². The summed E-state index contributed by atoms with van der Waals surface area (Å²) in [5.74, 6) is -0.476. The van der Waals surface area contributed by atoms with Crippen molar-refractivity contribution in [3.8, 4) is 0 Å². The van der Waals surface area contributed by atoms with Crippen molar-refractivity contribution in [1.29, 1.82) is 0 Å². The van der Waals surface area contributed by atoms with E-state index in [1.807, 2.05) is 5.32 Å². The Bertz CT molecular complexity index is 222. The van der Waals surface area contributed by atoms with Gasteiger partial charge in [0.2, 0.25) is 5.91 Å². The highest BCUT2D eigenvalue weighted by Gasteiger charge is 2.12. The maximum atomic E-state index is 11.3. The molecule has 0 saturated heterocycles. The summed E-state index contributed by atoms with van der Waals surface area (Å²) in [6.45, 7) is 1.25. The highest BCUT2D eigenvalue weighted by Crippen LogP contribution is 1.88. The number of carbonyl (C=O) groups excluding carboxylic acids is 2. The largest absolute Gasteiger partial charge is 0.453 e. The van der Waals surface area contributed by atoms with E-state index in [0.717, 1.165) is 0 Å². The first-order valence-electron chi connectivity index (χ1n) is 4.84. The average Bonchev–Trinajstić information content (AvgIpc) is 2.25. The maximum absolute atomic E-state index is 11.3. The number of carbonyl (C=O) groups is 2. The molecular weight excluding hydrogens is 216 g/mol. The monoisotopic (exact) mass is 234 g/mol. The molecule has 7 nitrogen and oxygen atoms in total. The van der Waals surface area contributed by atoms with Gasteiger partial charge in [-0.25, -0.2) is 4.79 Å². The second kappa shape index (κ2) is 9.08. The van der Waals surface area contributed by atoms with Gasteiger partial charge in [-0.05, 0) is 0 Å². The van der Waals surface area contributed by atoms with Gasteiger partial charge in [0.25, 0.3) is 0 Å². The van der Waals surface area contributed by atoms with Crippen molar-refractivity contribution >= 4 is 12.0 Å². The van der Waals surface area contributed by atoms with E-state index in [-0.39, 0.29) is 13.2 Å². The number of alkyl carbamates (subject to hydrolysis) is 1. The molecule has 0 bridgehead atoms. The quantitative estimate of drug-likeness (QED) is 0.576. The summed E-state index contributed by atoms with van der Waals surface area (Å²) in [5, 5.41) is 10.8. The Balaban J connectivity index is 3.96. The molecule has 0 aliphatic heterocycles. The number of ether oxygens (including phenoxy) is 2. The van der Waals surface area contributed by atoms with Crippen LogP contribution in [0.3, 0.4) is 0 Å². The van der Waals surface area contributed by atoms with Gasteiger partial charge >= 0.3 is 6.09 Å². The first-order chi connectivity index (χ1) is 7.63. The summed E-state index contributed by atoms with van der Waals surface area (Å²) in [5.41, 5.74) is 0. The molecule has 0 aliphatic rings. The number of aliphatic hydroxyl groups is 1. The molecule has 0 heterocycles. The number of nitrogens with one attached hydrogen (secondary N) is 1. The molecule has 7 heteroatoms. The van der Waals surface area contributed by atoms with E-state index in [4.69, 9.17) is 9.84 Å². The molecule has 0 rings (SSSR count). The smallest absolute Gasteiger partial charge is 0.413 e. The summed E-state index contributed by atoms with van der Waals surface area (Å²) in [7, 11) is 2.73. The predicted octanol–water partition coefficient (Wildman–Crippen LogP) is -1.19. The standard InChI is InChI=1S/C9H18N2O5/c1-15-6-4-11(3-5-12)7-8(13)10-9(14)16-2/h12H,3-7H2,1-2H3,(H,10,13,14). The van der Waals surface area contributed by atoms with Crippen LogP contribution in [0.5, 0.6) is 0 Å².